The minimum absolute atomic E-state index is 0. The van der Waals surface area contributed by atoms with Crippen LogP contribution in [0.5, 0.6) is 0 Å². The summed E-state index contributed by atoms with van der Waals surface area (Å²) in [5, 5.41) is 0. The maximum atomic E-state index is 13.5. The number of aryl methyl sites for hydroxylation is 1. The van der Waals surface area contributed by atoms with Crippen LogP contribution in [0.3, 0.4) is 0 Å². The minimum Gasteiger partial charge on any atom is -0.381 e. The average Bonchev–Trinajstić information content (AvgIpc) is 2.98. The molecule has 2 aliphatic heterocycles. The van der Waals surface area contributed by atoms with E-state index < -0.39 is 5.41 Å². The fraction of sp³-hybridized carbons (Fsp3) is 0.632. The summed E-state index contributed by atoms with van der Waals surface area (Å²) in [6, 6.07) is 8.31. The fourth-order valence-corrected chi connectivity index (χ4v) is 4.09. The number of hydrogen-bond acceptors (Lipinski definition) is 3. The van der Waals surface area contributed by atoms with Crippen molar-refractivity contribution < 1.29 is 9.53 Å². The molecular weight excluding hydrogens is 324 g/mol. The van der Waals surface area contributed by atoms with Gasteiger partial charge in [0.2, 0.25) is 5.91 Å². The summed E-state index contributed by atoms with van der Waals surface area (Å²) in [4.78, 5) is 15.6. The van der Waals surface area contributed by atoms with Crippen molar-refractivity contribution in [2.24, 2.45) is 11.1 Å². The SMILES string of the molecule is Cc1ccccc1C1(C(=O)N2CCC(C)(CN)C2)CCOCC1.Cl. The van der Waals surface area contributed by atoms with Crippen LogP contribution in [0.1, 0.15) is 37.3 Å². The van der Waals surface area contributed by atoms with Crippen LogP contribution in [0.25, 0.3) is 0 Å². The van der Waals surface area contributed by atoms with Crippen molar-refractivity contribution in [3.05, 3.63) is 35.4 Å². The van der Waals surface area contributed by atoms with Crippen molar-refractivity contribution in [1.82, 2.24) is 4.90 Å². The van der Waals surface area contributed by atoms with Gasteiger partial charge in [-0.05, 0) is 49.3 Å². The summed E-state index contributed by atoms with van der Waals surface area (Å²) in [6.07, 6.45) is 2.54. The van der Waals surface area contributed by atoms with E-state index in [1.165, 1.54) is 11.1 Å². The second-order valence-electron chi connectivity index (χ2n) is 7.50. The Morgan fingerprint density at radius 1 is 1.25 bits per heavy atom. The van der Waals surface area contributed by atoms with Crippen molar-refractivity contribution in [2.75, 3.05) is 32.8 Å². The van der Waals surface area contributed by atoms with Gasteiger partial charge in [-0.15, -0.1) is 12.4 Å². The molecule has 2 fully saturated rings. The molecule has 3 rings (SSSR count). The van der Waals surface area contributed by atoms with E-state index in [4.69, 9.17) is 10.5 Å². The first-order valence-corrected chi connectivity index (χ1v) is 8.64. The summed E-state index contributed by atoms with van der Waals surface area (Å²) < 4.78 is 5.57. The molecule has 1 aromatic carbocycles. The Kier molecular flexibility index (Phi) is 5.95. The Bertz CT molecular complexity index is 586. The van der Waals surface area contributed by atoms with Gasteiger partial charge in [-0.3, -0.25) is 4.79 Å². The average molecular weight is 353 g/mol. The molecule has 1 aromatic rings. The Balaban J connectivity index is 0.00000208. The molecule has 0 spiro atoms. The molecule has 134 valence electrons. The second-order valence-corrected chi connectivity index (χ2v) is 7.50. The zero-order valence-electron chi connectivity index (χ0n) is 14.7. The number of hydrogen-bond donors (Lipinski definition) is 1. The van der Waals surface area contributed by atoms with Gasteiger partial charge in [-0.2, -0.15) is 0 Å². The van der Waals surface area contributed by atoms with Crippen LogP contribution in [0, 0.1) is 12.3 Å². The van der Waals surface area contributed by atoms with Crippen molar-refractivity contribution in [3.63, 3.8) is 0 Å². The maximum absolute atomic E-state index is 13.5. The standard InChI is InChI=1S/C19H28N2O2.ClH/c1-15-5-3-4-6-16(15)19(8-11-23-12-9-19)17(22)21-10-7-18(2,13-20)14-21;/h3-6H,7-14,20H2,1-2H3;1H. The first-order chi connectivity index (χ1) is 11.0. The van der Waals surface area contributed by atoms with Gasteiger partial charge in [0.25, 0.3) is 0 Å². The van der Waals surface area contributed by atoms with Gasteiger partial charge in [0.05, 0.1) is 5.41 Å². The molecule has 2 saturated heterocycles. The van der Waals surface area contributed by atoms with Gasteiger partial charge in [0.15, 0.2) is 0 Å². The minimum atomic E-state index is -0.427. The number of ether oxygens (including phenoxy) is 1. The first kappa shape index (κ1) is 19.2. The lowest BCUT2D eigenvalue weighted by atomic mass is 9.71. The van der Waals surface area contributed by atoms with Crippen LogP contribution < -0.4 is 5.73 Å². The number of nitrogens with two attached hydrogens (primary N) is 1. The van der Waals surface area contributed by atoms with Crippen molar-refractivity contribution in [1.29, 1.82) is 0 Å². The highest BCUT2D eigenvalue weighted by atomic mass is 35.5. The Morgan fingerprint density at radius 2 is 1.92 bits per heavy atom. The van der Waals surface area contributed by atoms with Crippen LogP contribution in [0.2, 0.25) is 0 Å². The number of nitrogens with zero attached hydrogens (tertiary/aromatic N) is 1. The molecule has 0 aliphatic carbocycles. The number of amides is 1. The summed E-state index contributed by atoms with van der Waals surface area (Å²) in [5.74, 6) is 0.271. The molecule has 24 heavy (non-hydrogen) atoms. The van der Waals surface area contributed by atoms with E-state index in [1.54, 1.807) is 0 Å². The quantitative estimate of drug-likeness (QED) is 0.909. The second kappa shape index (κ2) is 7.42. The van der Waals surface area contributed by atoms with E-state index in [0.29, 0.717) is 19.8 Å². The van der Waals surface area contributed by atoms with Gasteiger partial charge in [-0.25, -0.2) is 0 Å². The lowest BCUT2D eigenvalue weighted by Crippen LogP contribution is -2.50. The lowest BCUT2D eigenvalue weighted by molar-refractivity contribution is -0.140. The molecule has 2 heterocycles. The summed E-state index contributed by atoms with van der Waals surface area (Å²) in [6.45, 7) is 7.83. The van der Waals surface area contributed by atoms with Crippen LogP contribution in [-0.2, 0) is 14.9 Å². The third-order valence-electron chi connectivity index (χ3n) is 5.75. The molecule has 1 unspecified atom stereocenters. The predicted molar refractivity (Wildman–Crippen MR) is 98.5 cm³/mol. The molecular formula is C19H29ClN2O2. The van der Waals surface area contributed by atoms with Crippen molar-refractivity contribution in [2.45, 2.75) is 38.5 Å². The lowest BCUT2D eigenvalue weighted by Gasteiger charge is -2.40. The first-order valence-electron chi connectivity index (χ1n) is 8.64. The van der Waals surface area contributed by atoms with Crippen LogP contribution in [0.4, 0.5) is 0 Å². The monoisotopic (exact) mass is 352 g/mol. The van der Waals surface area contributed by atoms with Gasteiger partial charge >= 0.3 is 0 Å². The topological polar surface area (TPSA) is 55.6 Å². The van der Waals surface area contributed by atoms with E-state index in [-0.39, 0.29) is 23.7 Å². The van der Waals surface area contributed by atoms with Gasteiger partial charge in [-0.1, -0.05) is 31.2 Å². The third-order valence-corrected chi connectivity index (χ3v) is 5.75. The summed E-state index contributed by atoms with van der Waals surface area (Å²) in [7, 11) is 0. The molecule has 5 heteroatoms. The van der Waals surface area contributed by atoms with Gasteiger partial charge in [0, 0.05) is 26.3 Å². The molecule has 4 nitrogen and oxygen atoms in total. The zero-order chi connectivity index (χ0) is 16.5. The predicted octanol–water partition coefficient (Wildman–Crippen LogP) is 2.66. The highest BCUT2D eigenvalue weighted by molar-refractivity contribution is 5.89. The molecule has 0 saturated carbocycles. The molecule has 1 amide bonds. The van der Waals surface area contributed by atoms with E-state index >= 15 is 0 Å². The van der Waals surface area contributed by atoms with Crippen molar-refractivity contribution in [3.8, 4) is 0 Å². The summed E-state index contributed by atoms with van der Waals surface area (Å²) >= 11 is 0. The van der Waals surface area contributed by atoms with Crippen molar-refractivity contribution >= 4 is 18.3 Å². The van der Waals surface area contributed by atoms with Gasteiger partial charge < -0.3 is 15.4 Å². The maximum Gasteiger partial charge on any atom is 0.233 e. The smallest absolute Gasteiger partial charge is 0.233 e. The van der Waals surface area contributed by atoms with Crippen LogP contribution >= 0.6 is 12.4 Å². The molecule has 2 aliphatic rings. The highest BCUT2D eigenvalue weighted by Gasteiger charge is 2.47. The van der Waals surface area contributed by atoms with E-state index in [9.17, 15) is 4.79 Å². The number of likely N-dealkylation sites (tertiary alicyclic amines) is 1. The normalized spacial score (nSPS) is 26.0. The van der Waals surface area contributed by atoms with Crippen LogP contribution in [0.15, 0.2) is 24.3 Å². The number of halogens is 1. The van der Waals surface area contributed by atoms with E-state index in [2.05, 4.69) is 26.0 Å². The number of carbonyl (C=O) groups excluding carboxylic acids is 1. The summed E-state index contributed by atoms with van der Waals surface area (Å²) in [5.41, 5.74) is 7.93. The Morgan fingerprint density at radius 3 is 2.50 bits per heavy atom. The molecule has 1 atom stereocenters. The molecule has 0 bridgehead atoms. The third kappa shape index (κ3) is 3.32. The van der Waals surface area contributed by atoms with E-state index in [0.717, 1.165) is 32.4 Å². The Hall–Kier alpha value is -1.10. The largest absolute Gasteiger partial charge is 0.381 e. The molecule has 2 N–H and O–H groups in total. The van der Waals surface area contributed by atoms with E-state index in [1.807, 2.05) is 17.0 Å². The van der Waals surface area contributed by atoms with Crippen LogP contribution in [-0.4, -0.2) is 43.7 Å². The highest BCUT2D eigenvalue weighted by Crippen LogP contribution is 2.40. The van der Waals surface area contributed by atoms with Gasteiger partial charge in [0.1, 0.15) is 0 Å². The number of carbonyl (C=O) groups is 1. The fourth-order valence-electron chi connectivity index (χ4n) is 4.09. The Labute approximate surface area is 151 Å². The number of benzene rings is 1. The molecule has 0 radical (unpaired) electrons. The molecule has 0 aromatic heterocycles. The zero-order valence-corrected chi connectivity index (χ0v) is 15.5. The number of rotatable bonds is 3.